The van der Waals surface area contributed by atoms with E-state index < -0.39 is 11.9 Å². The lowest BCUT2D eigenvalue weighted by Crippen LogP contribution is -2.48. The van der Waals surface area contributed by atoms with Crippen LogP contribution in [-0.2, 0) is 9.59 Å². The Labute approximate surface area is 97.8 Å². The molecule has 0 aromatic heterocycles. The molecule has 1 aliphatic rings. The van der Waals surface area contributed by atoms with E-state index in [1.54, 1.807) is 6.92 Å². The fourth-order valence-corrected chi connectivity index (χ4v) is 2.58. The first-order chi connectivity index (χ1) is 7.61. The summed E-state index contributed by atoms with van der Waals surface area (Å²) in [6.07, 6.45) is 0. The van der Waals surface area contributed by atoms with Gasteiger partial charge in [0, 0.05) is 4.90 Å². The lowest BCUT2D eigenvalue weighted by atomic mass is 10.2. The third-order valence-corrected chi connectivity index (χ3v) is 3.59. The number of anilines is 1. The van der Waals surface area contributed by atoms with Gasteiger partial charge >= 0.3 is 0 Å². The molecule has 2 amide bonds. The van der Waals surface area contributed by atoms with Crippen LogP contribution in [0.4, 0.5) is 5.69 Å². The molecule has 0 fully saturated rings. The summed E-state index contributed by atoms with van der Waals surface area (Å²) >= 11 is 1.49. The molecular weight excluding hydrogens is 224 g/mol. The molecule has 16 heavy (non-hydrogen) atoms. The van der Waals surface area contributed by atoms with Gasteiger partial charge in [0.2, 0.25) is 11.8 Å². The van der Waals surface area contributed by atoms with Crippen molar-refractivity contribution in [1.82, 2.24) is 0 Å². The summed E-state index contributed by atoms with van der Waals surface area (Å²) < 4.78 is 0. The zero-order chi connectivity index (χ0) is 11.7. The van der Waals surface area contributed by atoms with Gasteiger partial charge in [0.05, 0.1) is 11.4 Å². The highest BCUT2D eigenvalue weighted by Gasteiger charge is 2.30. The Bertz CT molecular complexity index is 447. The molecule has 0 spiro atoms. The van der Waals surface area contributed by atoms with Crippen LogP contribution in [-0.4, -0.2) is 23.6 Å². The molecule has 1 unspecified atom stereocenters. The number of para-hydroxylation sites is 1. The van der Waals surface area contributed by atoms with Gasteiger partial charge in [-0.2, -0.15) is 0 Å². The Morgan fingerprint density at radius 3 is 2.88 bits per heavy atom. The zero-order valence-electron chi connectivity index (χ0n) is 8.84. The van der Waals surface area contributed by atoms with E-state index in [2.05, 4.69) is 0 Å². The molecular formula is C11H12N2O2S. The van der Waals surface area contributed by atoms with Crippen LogP contribution in [0.5, 0.6) is 0 Å². The van der Waals surface area contributed by atoms with Crippen molar-refractivity contribution < 1.29 is 9.59 Å². The topological polar surface area (TPSA) is 63.4 Å². The van der Waals surface area contributed by atoms with Crippen molar-refractivity contribution in [1.29, 1.82) is 0 Å². The molecule has 0 bridgehead atoms. The predicted octanol–water partition coefficient (Wildman–Crippen LogP) is 0.999. The molecule has 1 aromatic rings. The van der Waals surface area contributed by atoms with Crippen molar-refractivity contribution >= 4 is 29.3 Å². The Morgan fingerprint density at radius 2 is 2.19 bits per heavy atom. The van der Waals surface area contributed by atoms with Crippen LogP contribution in [0.15, 0.2) is 29.2 Å². The fraction of sp³-hybridized carbons (Fsp3) is 0.273. The van der Waals surface area contributed by atoms with E-state index in [0.29, 0.717) is 5.75 Å². The minimum atomic E-state index is -0.602. The molecule has 84 valence electrons. The summed E-state index contributed by atoms with van der Waals surface area (Å²) in [6, 6.07) is 6.92. The molecule has 2 rings (SSSR count). The van der Waals surface area contributed by atoms with E-state index >= 15 is 0 Å². The maximum atomic E-state index is 11.8. The van der Waals surface area contributed by atoms with Crippen LogP contribution in [0.3, 0.4) is 0 Å². The van der Waals surface area contributed by atoms with Crippen LogP contribution in [0.25, 0.3) is 0 Å². The number of fused-ring (bicyclic) bond motifs is 1. The van der Waals surface area contributed by atoms with Gasteiger partial charge in [-0.1, -0.05) is 12.1 Å². The van der Waals surface area contributed by atoms with Crippen LogP contribution < -0.4 is 10.6 Å². The number of rotatable bonds is 2. The fourth-order valence-electron chi connectivity index (χ4n) is 1.67. The first-order valence-electron chi connectivity index (χ1n) is 4.94. The molecule has 5 heteroatoms. The van der Waals surface area contributed by atoms with Crippen LogP contribution in [0.1, 0.15) is 6.92 Å². The highest BCUT2D eigenvalue weighted by molar-refractivity contribution is 8.00. The summed E-state index contributed by atoms with van der Waals surface area (Å²) in [6.45, 7) is 1.65. The van der Waals surface area contributed by atoms with Gasteiger partial charge < -0.3 is 5.73 Å². The van der Waals surface area contributed by atoms with E-state index in [1.165, 1.54) is 16.7 Å². The summed E-state index contributed by atoms with van der Waals surface area (Å²) in [4.78, 5) is 25.5. The van der Waals surface area contributed by atoms with Crippen LogP contribution in [0, 0.1) is 0 Å². The number of benzene rings is 1. The number of carbonyl (C=O) groups is 2. The van der Waals surface area contributed by atoms with Crippen LogP contribution >= 0.6 is 11.8 Å². The number of hydrogen-bond donors (Lipinski definition) is 1. The Balaban J connectivity index is 2.44. The molecule has 1 aromatic carbocycles. The van der Waals surface area contributed by atoms with Gasteiger partial charge in [-0.3, -0.25) is 14.5 Å². The first kappa shape index (κ1) is 11.0. The second kappa shape index (κ2) is 4.17. The highest BCUT2D eigenvalue weighted by Crippen LogP contribution is 2.35. The van der Waals surface area contributed by atoms with Crippen molar-refractivity contribution in [2.45, 2.75) is 17.9 Å². The average molecular weight is 236 g/mol. The highest BCUT2D eigenvalue weighted by atomic mass is 32.2. The van der Waals surface area contributed by atoms with E-state index in [-0.39, 0.29) is 5.91 Å². The standard InChI is InChI=1S/C11H12N2O2S/c1-7(11(12)15)13-8-4-2-3-5-9(8)16-6-10(13)14/h2-5,7H,6H2,1H3,(H2,12,15). The smallest absolute Gasteiger partial charge is 0.240 e. The Morgan fingerprint density at radius 1 is 1.50 bits per heavy atom. The lowest BCUT2D eigenvalue weighted by Gasteiger charge is -2.32. The van der Waals surface area contributed by atoms with Crippen LogP contribution in [0.2, 0.25) is 0 Å². The monoisotopic (exact) mass is 236 g/mol. The molecule has 0 saturated carbocycles. The number of primary amides is 1. The number of amides is 2. The summed E-state index contributed by atoms with van der Waals surface area (Å²) in [7, 11) is 0. The van der Waals surface area contributed by atoms with Gasteiger partial charge in [0.25, 0.3) is 0 Å². The Kier molecular flexibility index (Phi) is 2.87. The van der Waals surface area contributed by atoms with Gasteiger partial charge in [-0.05, 0) is 19.1 Å². The minimum absolute atomic E-state index is 0.0741. The lowest BCUT2D eigenvalue weighted by molar-refractivity contribution is -0.123. The van der Waals surface area contributed by atoms with Crippen molar-refractivity contribution in [2.24, 2.45) is 5.73 Å². The largest absolute Gasteiger partial charge is 0.368 e. The molecule has 0 aliphatic carbocycles. The summed E-state index contributed by atoms with van der Waals surface area (Å²) in [5, 5.41) is 0. The van der Waals surface area contributed by atoms with E-state index in [9.17, 15) is 9.59 Å². The maximum absolute atomic E-state index is 11.8. The summed E-state index contributed by atoms with van der Waals surface area (Å²) in [5.41, 5.74) is 6.02. The molecule has 1 aliphatic heterocycles. The first-order valence-corrected chi connectivity index (χ1v) is 5.93. The Hall–Kier alpha value is -1.49. The quantitative estimate of drug-likeness (QED) is 0.833. The molecule has 2 N–H and O–H groups in total. The molecule has 1 heterocycles. The van der Waals surface area contributed by atoms with Gasteiger partial charge in [-0.25, -0.2) is 0 Å². The predicted molar refractivity (Wildman–Crippen MR) is 63.3 cm³/mol. The second-order valence-electron chi connectivity index (χ2n) is 3.60. The second-order valence-corrected chi connectivity index (χ2v) is 4.62. The number of carbonyl (C=O) groups excluding carboxylic acids is 2. The normalized spacial score (nSPS) is 16.8. The molecule has 1 atom stereocenters. The number of nitrogens with two attached hydrogens (primary N) is 1. The van der Waals surface area contributed by atoms with E-state index in [1.807, 2.05) is 24.3 Å². The van der Waals surface area contributed by atoms with Crippen molar-refractivity contribution in [3.8, 4) is 0 Å². The van der Waals surface area contributed by atoms with E-state index in [4.69, 9.17) is 5.73 Å². The third-order valence-electron chi connectivity index (χ3n) is 2.54. The minimum Gasteiger partial charge on any atom is -0.368 e. The molecule has 0 saturated heterocycles. The third kappa shape index (κ3) is 1.78. The molecule has 4 nitrogen and oxygen atoms in total. The maximum Gasteiger partial charge on any atom is 0.240 e. The van der Waals surface area contributed by atoms with Gasteiger partial charge in [-0.15, -0.1) is 11.8 Å². The van der Waals surface area contributed by atoms with Gasteiger partial charge in [0.15, 0.2) is 0 Å². The van der Waals surface area contributed by atoms with E-state index in [0.717, 1.165) is 10.6 Å². The number of hydrogen-bond acceptors (Lipinski definition) is 3. The van der Waals surface area contributed by atoms with Crippen molar-refractivity contribution in [3.05, 3.63) is 24.3 Å². The zero-order valence-corrected chi connectivity index (χ0v) is 9.66. The average Bonchev–Trinajstić information content (AvgIpc) is 2.28. The summed E-state index contributed by atoms with van der Waals surface area (Å²) in [5.74, 6) is -0.209. The SMILES string of the molecule is CC(C(N)=O)N1C(=O)CSc2ccccc21. The molecule has 0 radical (unpaired) electrons. The van der Waals surface area contributed by atoms with Gasteiger partial charge in [0.1, 0.15) is 6.04 Å². The number of thioether (sulfide) groups is 1. The van der Waals surface area contributed by atoms with Crippen molar-refractivity contribution in [3.63, 3.8) is 0 Å². The number of nitrogens with zero attached hydrogens (tertiary/aromatic N) is 1. The van der Waals surface area contributed by atoms with Crippen molar-refractivity contribution in [2.75, 3.05) is 10.7 Å².